The van der Waals surface area contributed by atoms with Crippen molar-refractivity contribution >= 4 is 16.9 Å². The van der Waals surface area contributed by atoms with Crippen molar-refractivity contribution in [2.24, 2.45) is 0 Å². The highest BCUT2D eigenvalue weighted by Crippen LogP contribution is 2.18. The normalized spacial score (nSPS) is 17.3. The number of hydrogen-bond acceptors (Lipinski definition) is 5. The van der Waals surface area contributed by atoms with Crippen molar-refractivity contribution in [1.82, 2.24) is 9.78 Å². The predicted molar refractivity (Wildman–Crippen MR) is 83.5 cm³/mol. The van der Waals surface area contributed by atoms with Gasteiger partial charge < -0.3 is 14.2 Å². The molecule has 1 unspecified atom stereocenters. The van der Waals surface area contributed by atoms with E-state index < -0.39 is 5.97 Å². The molecular weight excluding hydrogens is 296 g/mol. The van der Waals surface area contributed by atoms with E-state index >= 15 is 0 Å². The van der Waals surface area contributed by atoms with Gasteiger partial charge in [-0.1, -0.05) is 18.2 Å². The second kappa shape index (κ2) is 7.16. The van der Waals surface area contributed by atoms with Crippen LogP contribution in [0.1, 0.15) is 36.7 Å². The number of carbonyl (C=O) groups excluding carboxylic acids is 1. The largest absolute Gasteiger partial charge is 0.461 e. The van der Waals surface area contributed by atoms with Crippen LogP contribution in [0.2, 0.25) is 0 Å². The first-order valence-electron chi connectivity index (χ1n) is 7.72. The number of ether oxygens (including phenoxy) is 3. The first-order valence-corrected chi connectivity index (χ1v) is 7.72. The van der Waals surface area contributed by atoms with Gasteiger partial charge in [0.05, 0.1) is 24.8 Å². The highest BCUT2D eigenvalue weighted by molar-refractivity contribution is 6.02. The van der Waals surface area contributed by atoms with Crippen LogP contribution in [0.4, 0.5) is 0 Å². The average molecular weight is 314 g/mol. The Bertz CT molecular complexity index is 751. The second-order valence-corrected chi connectivity index (χ2v) is 5.13. The van der Waals surface area contributed by atoms with Crippen molar-refractivity contribution in [3.05, 3.63) is 30.0 Å². The molecule has 1 aliphatic rings. The van der Waals surface area contributed by atoms with Gasteiger partial charge in [0, 0.05) is 11.8 Å². The molecule has 0 bridgehead atoms. The molecule has 6 heteroatoms. The maximum atomic E-state index is 12.0. The van der Waals surface area contributed by atoms with Crippen molar-refractivity contribution in [3.8, 4) is 12.2 Å². The number of benzene rings is 1. The van der Waals surface area contributed by atoms with Gasteiger partial charge >= 0.3 is 5.97 Å². The Hall–Kier alpha value is -2.52. The minimum absolute atomic E-state index is 0.255. The molecule has 0 aliphatic carbocycles. The molecule has 2 heterocycles. The summed E-state index contributed by atoms with van der Waals surface area (Å²) in [6.45, 7) is 2.76. The summed E-state index contributed by atoms with van der Waals surface area (Å²) in [5.41, 5.74) is 0.988. The van der Waals surface area contributed by atoms with E-state index in [1.165, 1.54) is 4.68 Å². The van der Waals surface area contributed by atoms with E-state index in [1.54, 1.807) is 6.92 Å². The van der Waals surface area contributed by atoms with Gasteiger partial charge in [0.2, 0.25) is 6.29 Å². The third-order valence-electron chi connectivity index (χ3n) is 3.54. The predicted octanol–water partition coefficient (Wildman–Crippen LogP) is 2.52. The van der Waals surface area contributed by atoms with Crippen molar-refractivity contribution in [3.63, 3.8) is 0 Å². The maximum Gasteiger partial charge on any atom is 0.359 e. The number of aromatic nitrogens is 2. The molecule has 23 heavy (non-hydrogen) atoms. The van der Waals surface area contributed by atoms with Gasteiger partial charge in [-0.05, 0) is 25.8 Å². The van der Waals surface area contributed by atoms with Crippen LogP contribution < -0.4 is 0 Å². The Morgan fingerprint density at radius 2 is 2.30 bits per heavy atom. The molecule has 3 rings (SSSR count). The lowest BCUT2D eigenvalue weighted by molar-refractivity contribution is -0.121. The smallest absolute Gasteiger partial charge is 0.359 e. The number of nitrogens with zero attached hydrogens (tertiary/aromatic N) is 2. The topological polar surface area (TPSA) is 62.6 Å². The quantitative estimate of drug-likeness (QED) is 0.643. The van der Waals surface area contributed by atoms with Gasteiger partial charge in [0.25, 0.3) is 0 Å². The van der Waals surface area contributed by atoms with E-state index in [4.69, 9.17) is 14.2 Å². The van der Waals surface area contributed by atoms with Gasteiger partial charge in [-0.15, -0.1) is 0 Å². The molecule has 0 amide bonds. The molecule has 1 atom stereocenters. The molecule has 1 saturated heterocycles. The van der Waals surface area contributed by atoms with Gasteiger partial charge in [-0.3, -0.25) is 0 Å². The molecule has 1 fully saturated rings. The zero-order valence-corrected chi connectivity index (χ0v) is 12.9. The number of fused-ring (bicyclic) bond motifs is 1. The van der Waals surface area contributed by atoms with E-state index in [9.17, 15) is 4.79 Å². The molecule has 0 saturated carbocycles. The molecule has 1 aliphatic heterocycles. The van der Waals surface area contributed by atoms with Crippen molar-refractivity contribution in [2.75, 3.05) is 13.2 Å². The zero-order chi connectivity index (χ0) is 16.1. The lowest BCUT2D eigenvalue weighted by Crippen LogP contribution is -2.20. The monoisotopic (exact) mass is 314 g/mol. The standard InChI is InChI=1S/C17H18N2O4/c1-2-21-17(20)16-13-7-3-4-8-14(13)19(18-16)10-12-23-15-9-5-6-11-22-15/h3-4,7-8,15H,2,5-6,9,11H2,1H3. The zero-order valence-electron chi connectivity index (χ0n) is 12.9. The molecule has 0 spiro atoms. The molecular formula is C17H18N2O4. The Kier molecular flexibility index (Phi) is 4.79. The highest BCUT2D eigenvalue weighted by atomic mass is 16.7. The van der Waals surface area contributed by atoms with Crippen LogP contribution in [0, 0.1) is 12.2 Å². The van der Waals surface area contributed by atoms with E-state index in [-0.39, 0.29) is 12.0 Å². The molecule has 120 valence electrons. The summed E-state index contributed by atoms with van der Waals surface area (Å²) in [7, 11) is 0. The lowest BCUT2D eigenvalue weighted by Gasteiger charge is -2.19. The summed E-state index contributed by atoms with van der Waals surface area (Å²) in [4.78, 5) is 12.0. The summed E-state index contributed by atoms with van der Waals surface area (Å²) in [5, 5.41) is 4.94. The molecule has 2 aromatic rings. The van der Waals surface area contributed by atoms with E-state index in [0.29, 0.717) is 18.6 Å². The Morgan fingerprint density at radius 3 is 3.09 bits per heavy atom. The fraction of sp³-hybridized carbons (Fsp3) is 0.412. The maximum absolute atomic E-state index is 12.0. The summed E-state index contributed by atoms with van der Waals surface area (Å²) in [5.74, 6) is -0.458. The fourth-order valence-electron chi connectivity index (χ4n) is 2.44. The van der Waals surface area contributed by atoms with Gasteiger partial charge in [-0.2, -0.15) is 9.78 Å². The summed E-state index contributed by atoms with van der Waals surface area (Å²) < 4.78 is 17.3. The molecule has 1 aromatic heterocycles. The van der Waals surface area contributed by atoms with Crippen LogP contribution >= 0.6 is 0 Å². The van der Waals surface area contributed by atoms with Crippen LogP contribution in [0.5, 0.6) is 0 Å². The van der Waals surface area contributed by atoms with Crippen LogP contribution in [0.25, 0.3) is 10.9 Å². The Labute approximate surface area is 134 Å². The van der Waals surface area contributed by atoms with E-state index in [0.717, 1.165) is 24.8 Å². The number of esters is 1. The first-order chi connectivity index (χ1) is 11.3. The molecule has 0 radical (unpaired) electrons. The Balaban J connectivity index is 1.84. The van der Waals surface area contributed by atoms with E-state index in [2.05, 4.69) is 17.2 Å². The van der Waals surface area contributed by atoms with Crippen LogP contribution in [0.3, 0.4) is 0 Å². The molecule has 6 nitrogen and oxygen atoms in total. The number of hydrogen-bond donors (Lipinski definition) is 0. The van der Waals surface area contributed by atoms with E-state index in [1.807, 2.05) is 24.3 Å². The number of carbonyl (C=O) groups is 1. The summed E-state index contributed by atoms with van der Waals surface area (Å²) in [6, 6.07) is 10.2. The van der Waals surface area contributed by atoms with Crippen LogP contribution in [0.15, 0.2) is 24.3 Å². The fourth-order valence-corrected chi connectivity index (χ4v) is 2.44. The molecule has 1 aromatic carbocycles. The lowest BCUT2D eigenvalue weighted by atomic mass is 10.2. The van der Waals surface area contributed by atoms with Crippen molar-refractivity contribution < 1.29 is 19.0 Å². The van der Waals surface area contributed by atoms with Gasteiger partial charge in [0.15, 0.2) is 5.69 Å². The van der Waals surface area contributed by atoms with Gasteiger partial charge in [0.1, 0.15) is 6.11 Å². The Morgan fingerprint density at radius 1 is 1.43 bits per heavy atom. The van der Waals surface area contributed by atoms with Crippen molar-refractivity contribution in [1.29, 1.82) is 0 Å². The average Bonchev–Trinajstić information content (AvgIpc) is 2.95. The molecule has 0 N–H and O–H groups in total. The summed E-state index contributed by atoms with van der Waals surface area (Å²) in [6.07, 6.45) is 5.30. The number of para-hydroxylation sites is 1. The van der Waals surface area contributed by atoms with Gasteiger partial charge in [-0.25, -0.2) is 4.79 Å². The minimum Gasteiger partial charge on any atom is -0.461 e. The highest BCUT2D eigenvalue weighted by Gasteiger charge is 2.17. The summed E-state index contributed by atoms with van der Waals surface area (Å²) >= 11 is 0. The first kappa shape index (κ1) is 15.4. The number of rotatable bonds is 3. The second-order valence-electron chi connectivity index (χ2n) is 5.13. The minimum atomic E-state index is -0.458. The van der Waals surface area contributed by atoms with Crippen LogP contribution in [-0.2, 0) is 14.2 Å². The third-order valence-corrected chi connectivity index (χ3v) is 3.54. The third kappa shape index (κ3) is 3.46. The van der Waals surface area contributed by atoms with Crippen molar-refractivity contribution in [2.45, 2.75) is 32.5 Å². The van der Waals surface area contributed by atoms with Crippen LogP contribution in [-0.4, -0.2) is 35.3 Å². The SMILES string of the molecule is CCOC(=O)c1nn(C#COC2CCCCO2)c2ccccc12.